The first-order valence-electron chi connectivity index (χ1n) is 15.2. The molecule has 0 bridgehead atoms. The number of ether oxygens (including phenoxy) is 1. The highest BCUT2D eigenvalue weighted by molar-refractivity contribution is 5.92. The monoisotopic (exact) mass is 525 g/mol. The van der Waals surface area contributed by atoms with E-state index in [1.807, 2.05) is 24.4 Å². The van der Waals surface area contributed by atoms with Crippen molar-refractivity contribution in [3.8, 4) is 5.75 Å². The van der Waals surface area contributed by atoms with Gasteiger partial charge < -0.3 is 9.84 Å². The first-order valence-corrected chi connectivity index (χ1v) is 15.2. The minimum absolute atomic E-state index is 0.126. The van der Waals surface area contributed by atoms with Crippen LogP contribution in [0.1, 0.15) is 83.4 Å². The Balaban J connectivity index is 1.19. The van der Waals surface area contributed by atoms with Gasteiger partial charge in [0, 0.05) is 24.2 Å². The fourth-order valence-electron chi connectivity index (χ4n) is 9.71. The minimum atomic E-state index is -0.133. The molecule has 0 amide bonds. The summed E-state index contributed by atoms with van der Waals surface area (Å²) in [5.74, 6) is 3.69. The molecule has 2 heterocycles. The van der Waals surface area contributed by atoms with Crippen molar-refractivity contribution in [1.29, 1.82) is 0 Å². The van der Waals surface area contributed by atoms with E-state index in [4.69, 9.17) is 14.8 Å². The second-order valence-electron chi connectivity index (χ2n) is 13.4. The number of nitrogens with zero attached hydrogens (tertiary/aromatic N) is 3. The number of hydrazone groups is 1. The van der Waals surface area contributed by atoms with Crippen LogP contribution in [0.5, 0.6) is 5.75 Å². The van der Waals surface area contributed by atoms with Gasteiger partial charge in [0.2, 0.25) is 0 Å². The van der Waals surface area contributed by atoms with Crippen LogP contribution in [0.25, 0.3) is 0 Å². The predicted octanol–water partition coefficient (Wildman–Crippen LogP) is 7.34. The van der Waals surface area contributed by atoms with Crippen LogP contribution in [0.3, 0.4) is 0 Å². The van der Waals surface area contributed by atoms with E-state index in [9.17, 15) is 5.11 Å². The maximum absolute atomic E-state index is 10.4. The second-order valence-corrected chi connectivity index (χ2v) is 13.4. The number of fused-ring (bicyclic) bond motifs is 5. The van der Waals surface area contributed by atoms with Crippen molar-refractivity contribution in [3.05, 3.63) is 66.0 Å². The highest BCUT2D eigenvalue weighted by atomic mass is 16.5. The van der Waals surface area contributed by atoms with Gasteiger partial charge in [-0.3, -0.25) is 9.99 Å². The van der Waals surface area contributed by atoms with E-state index in [0.717, 1.165) is 60.6 Å². The topological polar surface area (TPSA) is 58.0 Å². The Kier molecular flexibility index (Phi) is 6.15. The zero-order chi connectivity index (χ0) is 26.8. The van der Waals surface area contributed by atoms with Crippen molar-refractivity contribution in [1.82, 2.24) is 4.98 Å². The highest BCUT2D eigenvalue weighted by Crippen LogP contribution is 2.66. The van der Waals surface area contributed by atoms with E-state index in [0.29, 0.717) is 16.7 Å². The predicted molar refractivity (Wildman–Crippen MR) is 156 cm³/mol. The van der Waals surface area contributed by atoms with Crippen LogP contribution in [0.15, 0.2) is 65.4 Å². The number of aliphatic hydroxyl groups excluding tert-OH is 1. The molecule has 1 aromatic carbocycles. The molecule has 7 rings (SSSR count). The van der Waals surface area contributed by atoms with E-state index >= 15 is 0 Å². The number of methoxy groups -OCH3 is 1. The van der Waals surface area contributed by atoms with Gasteiger partial charge in [-0.2, -0.15) is 5.10 Å². The van der Waals surface area contributed by atoms with Gasteiger partial charge in [-0.05, 0) is 116 Å². The molecular formula is C34H43N3O2. The molecule has 0 radical (unpaired) electrons. The van der Waals surface area contributed by atoms with E-state index in [1.54, 1.807) is 12.7 Å². The van der Waals surface area contributed by atoms with Crippen molar-refractivity contribution in [2.45, 2.75) is 83.8 Å². The van der Waals surface area contributed by atoms with E-state index < -0.39 is 0 Å². The van der Waals surface area contributed by atoms with Gasteiger partial charge in [-0.1, -0.05) is 31.6 Å². The normalized spacial score (nSPS) is 39.3. The van der Waals surface area contributed by atoms with Crippen LogP contribution in [0.4, 0.5) is 5.69 Å². The summed E-state index contributed by atoms with van der Waals surface area (Å²) in [7, 11) is 1.71. The fourth-order valence-corrected chi connectivity index (χ4v) is 9.71. The largest absolute Gasteiger partial charge is 0.497 e. The summed E-state index contributed by atoms with van der Waals surface area (Å²) >= 11 is 0. The summed E-state index contributed by atoms with van der Waals surface area (Å²) in [6.07, 6.45) is 14.7. The van der Waals surface area contributed by atoms with Crippen molar-refractivity contribution < 1.29 is 9.84 Å². The third-order valence-corrected chi connectivity index (χ3v) is 11.8. The van der Waals surface area contributed by atoms with Gasteiger partial charge in [0.15, 0.2) is 0 Å². The summed E-state index contributed by atoms with van der Waals surface area (Å²) in [6, 6.07) is 14.7. The molecular weight excluding hydrogens is 482 g/mol. The van der Waals surface area contributed by atoms with Crippen LogP contribution in [0, 0.1) is 34.5 Å². The number of hydrogen-bond acceptors (Lipinski definition) is 5. The molecule has 8 atom stereocenters. The van der Waals surface area contributed by atoms with Crippen LogP contribution in [0.2, 0.25) is 0 Å². The zero-order valence-corrected chi connectivity index (χ0v) is 23.7. The summed E-state index contributed by atoms with van der Waals surface area (Å²) in [4.78, 5) is 4.77. The number of aliphatic hydroxyl groups is 1. The summed E-state index contributed by atoms with van der Waals surface area (Å²) in [5, 5.41) is 18.0. The molecule has 3 fully saturated rings. The number of anilines is 1. The molecule has 0 spiro atoms. The minimum Gasteiger partial charge on any atom is -0.497 e. The molecule has 5 heteroatoms. The lowest BCUT2D eigenvalue weighted by Gasteiger charge is -2.58. The number of pyridine rings is 1. The van der Waals surface area contributed by atoms with Crippen molar-refractivity contribution in [3.63, 3.8) is 0 Å². The van der Waals surface area contributed by atoms with E-state index in [2.05, 4.69) is 49.2 Å². The molecule has 1 N–H and O–H groups in total. The third kappa shape index (κ3) is 3.98. The summed E-state index contributed by atoms with van der Waals surface area (Å²) in [6.45, 7) is 5.13. The Bertz CT molecular complexity index is 1270. The van der Waals surface area contributed by atoms with Gasteiger partial charge in [0.25, 0.3) is 0 Å². The van der Waals surface area contributed by atoms with E-state index in [1.165, 1.54) is 37.8 Å². The maximum atomic E-state index is 10.4. The number of allylic oxidation sites excluding steroid dienone is 1. The first kappa shape index (κ1) is 25.3. The molecule has 206 valence electrons. The SMILES string of the molecule is COc1ccc(N2N=C([C@H]3CC[C@H]4[C@@H]5CC=C6C[C@@H](O)CC[C@]6(C)[C@H]5CC[C@]34C)CC2c2ccccn2)cc1. The number of rotatable bonds is 4. The summed E-state index contributed by atoms with van der Waals surface area (Å²) < 4.78 is 5.42. The Morgan fingerprint density at radius 3 is 2.56 bits per heavy atom. The van der Waals surface area contributed by atoms with E-state index in [-0.39, 0.29) is 12.1 Å². The van der Waals surface area contributed by atoms with Crippen LogP contribution in [-0.2, 0) is 0 Å². The number of hydrogen-bond donors (Lipinski definition) is 1. The second kappa shape index (κ2) is 9.47. The molecule has 1 aromatic heterocycles. The maximum Gasteiger partial charge on any atom is 0.119 e. The van der Waals surface area contributed by atoms with Crippen molar-refractivity contribution >= 4 is 11.4 Å². The number of benzene rings is 1. The molecule has 1 aliphatic heterocycles. The lowest BCUT2D eigenvalue weighted by molar-refractivity contribution is -0.0424. The lowest BCUT2D eigenvalue weighted by Crippen LogP contribution is -2.51. The average molecular weight is 526 g/mol. The molecule has 4 aliphatic carbocycles. The Hall–Kier alpha value is -2.66. The van der Waals surface area contributed by atoms with Gasteiger partial charge in [0.1, 0.15) is 5.75 Å². The number of aromatic nitrogens is 1. The van der Waals surface area contributed by atoms with Crippen LogP contribution >= 0.6 is 0 Å². The quantitative estimate of drug-likeness (QED) is 0.424. The van der Waals surface area contributed by atoms with Gasteiger partial charge in [-0.15, -0.1) is 0 Å². The lowest BCUT2D eigenvalue weighted by atomic mass is 9.47. The summed E-state index contributed by atoms with van der Waals surface area (Å²) in [5.41, 5.74) is 5.73. The first-order chi connectivity index (χ1) is 18.9. The molecule has 5 aliphatic rings. The molecule has 39 heavy (non-hydrogen) atoms. The third-order valence-electron chi connectivity index (χ3n) is 11.8. The standard InChI is InChI=1S/C34H43N3O2/c1-33-17-15-24(38)20-22(33)7-12-26-27-13-14-29(34(27,2)18-16-28(26)33)31-21-32(30-6-4-5-19-35-30)37(36-31)23-8-10-25(39-3)11-9-23/h4-11,19,24,26-29,32,38H,12-18,20-21H2,1-3H3/t24-,26-,27-,28-,29+,32?,33-,34-/m0/s1. The Morgan fingerprint density at radius 2 is 1.79 bits per heavy atom. The Morgan fingerprint density at radius 1 is 0.949 bits per heavy atom. The molecule has 1 unspecified atom stereocenters. The average Bonchev–Trinajstić information content (AvgIpc) is 3.55. The van der Waals surface area contributed by atoms with Gasteiger partial charge in [0.05, 0.1) is 30.6 Å². The highest BCUT2D eigenvalue weighted by Gasteiger charge is 2.59. The van der Waals surface area contributed by atoms with Crippen molar-refractivity contribution in [2.24, 2.45) is 39.6 Å². The zero-order valence-electron chi connectivity index (χ0n) is 23.7. The fraction of sp³-hybridized carbons (Fsp3) is 0.588. The van der Waals surface area contributed by atoms with Crippen molar-refractivity contribution in [2.75, 3.05) is 12.1 Å². The smallest absolute Gasteiger partial charge is 0.119 e. The molecule has 2 aromatic rings. The molecule has 5 nitrogen and oxygen atoms in total. The Labute approximate surface area is 233 Å². The van der Waals surface area contributed by atoms with Gasteiger partial charge in [-0.25, -0.2) is 0 Å². The molecule has 3 saturated carbocycles. The van der Waals surface area contributed by atoms with Gasteiger partial charge >= 0.3 is 0 Å². The van der Waals surface area contributed by atoms with Crippen LogP contribution in [-0.4, -0.2) is 29.0 Å². The van der Waals surface area contributed by atoms with Crippen LogP contribution < -0.4 is 9.75 Å². The molecule has 0 saturated heterocycles.